The Morgan fingerprint density at radius 1 is 0.344 bits per heavy atom. The van der Waals surface area contributed by atoms with E-state index in [0.29, 0.717) is 0 Å². The highest BCUT2D eigenvalue weighted by atomic mass is 32.1. The van der Waals surface area contributed by atoms with Crippen LogP contribution in [0.15, 0.2) is 237 Å². The van der Waals surface area contributed by atoms with E-state index in [0.717, 1.165) is 17.1 Å². The highest BCUT2D eigenvalue weighted by Crippen LogP contribution is 2.58. The summed E-state index contributed by atoms with van der Waals surface area (Å²) in [7, 11) is 0. The molecule has 286 valence electrons. The van der Waals surface area contributed by atoms with Crippen molar-refractivity contribution in [2.75, 3.05) is 4.90 Å². The van der Waals surface area contributed by atoms with E-state index >= 15 is 0 Å². The second-order valence-electron chi connectivity index (χ2n) is 16.0. The van der Waals surface area contributed by atoms with E-state index < -0.39 is 5.41 Å². The van der Waals surface area contributed by atoms with Gasteiger partial charge in [-0.15, -0.1) is 11.3 Å². The molecule has 0 saturated carbocycles. The third-order valence-electron chi connectivity index (χ3n) is 12.7. The van der Waals surface area contributed by atoms with Crippen LogP contribution < -0.4 is 4.90 Å². The third-order valence-corrected chi connectivity index (χ3v) is 13.9. The number of anilines is 3. The van der Waals surface area contributed by atoms with Gasteiger partial charge in [0, 0.05) is 31.4 Å². The van der Waals surface area contributed by atoms with Gasteiger partial charge in [0.05, 0.1) is 16.8 Å². The van der Waals surface area contributed by atoms with Crippen molar-refractivity contribution in [3.8, 4) is 33.4 Å². The Balaban J connectivity index is 1.19. The molecule has 0 atom stereocenters. The lowest BCUT2D eigenvalue weighted by Gasteiger charge is -2.35. The van der Waals surface area contributed by atoms with Crippen molar-refractivity contribution in [2.45, 2.75) is 5.41 Å². The van der Waals surface area contributed by atoms with Crippen LogP contribution in [0.3, 0.4) is 0 Å². The highest BCUT2D eigenvalue weighted by Gasteiger charge is 2.46. The fourth-order valence-electron chi connectivity index (χ4n) is 10.0. The summed E-state index contributed by atoms with van der Waals surface area (Å²) in [6.45, 7) is 0. The van der Waals surface area contributed by atoms with Crippen LogP contribution in [-0.4, -0.2) is 0 Å². The molecule has 0 unspecified atom stereocenters. The fourth-order valence-corrected chi connectivity index (χ4v) is 11.2. The molecule has 0 radical (unpaired) electrons. The molecule has 11 aromatic rings. The summed E-state index contributed by atoms with van der Waals surface area (Å²) in [5.41, 5.74) is 15.2. The van der Waals surface area contributed by atoms with Crippen LogP contribution in [0.4, 0.5) is 17.1 Å². The van der Waals surface area contributed by atoms with Gasteiger partial charge in [0.1, 0.15) is 0 Å². The topological polar surface area (TPSA) is 3.24 Å². The van der Waals surface area contributed by atoms with E-state index in [2.05, 4.69) is 241 Å². The zero-order valence-electron chi connectivity index (χ0n) is 33.4. The zero-order valence-corrected chi connectivity index (χ0v) is 34.2. The van der Waals surface area contributed by atoms with Crippen molar-refractivity contribution in [3.05, 3.63) is 259 Å². The monoisotopic (exact) mass is 793 g/mol. The van der Waals surface area contributed by atoms with Crippen LogP contribution >= 0.6 is 11.3 Å². The van der Waals surface area contributed by atoms with E-state index in [-0.39, 0.29) is 0 Å². The first-order valence-corrected chi connectivity index (χ1v) is 21.8. The van der Waals surface area contributed by atoms with Gasteiger partial charge in [-0.05, 0) is 103 Å². The molecule has 1 heterocycles. The molecule has 2 heteroatoms. The molecule has 1 aromatic heterocycles. The first-order valence-electron chi connectivity index (χ1n) is 21.0. The molecule has 0 bridgehead atoms. The van der Waals surface area contributed by atoms with Gasteiger partial charge >= 0.3 is 0 Å². The molecule has 0 fully saturated rings. The molecule has 12 rings (SSSR count). The number of hydrogen-bond donors (Lipinski definition) is 0. The summed E-state index contributed by atoms with van der Waals surface area (Å²) in [5.74, 6) is 0. The predicted octanol–water partition coefficient (Wildman–Crippen LogP) is 16.4. The molecule has 61 heavy (non-hydrogen) atoms. The largest absolute Gasteiger partial charge is 0.309 e. The molecule has 0 amide bonds. The standard InChI is InChI=1S/C59H39NS/c1-4-18-41(19-5-1)48-35-33-44(43-32-31-40-17-10-11-20-42(40)37-43)38-55(48)60(54-28-16-30-57-58(54)51-26-13-15-29-56(51)61-57)47-34-36-50-49-25-12-14-27-52(49)59(53(50)39-47,45-21-6-2-7-22-45)46-23-8-3-9-24-46/h1-39H. The van der Waals surface area contributed by atoms with Gasteiger partial charge in [0.2, 0.25) is 0 Å². The molecular weight excluding hydrogens is 755 g/mol. The summed E-state index contributed by atoms with van der Waals surface area (Å²) in [4.78, 5) is 2.55. The molecule has 1 aliphatic carbocycles. The number of benzene rings is 10. The maximum absolute atomic E-state index is 2.55. The molecule has 1 nitrogen and oxygen atoms in total. The average molecular weight is 794 g/mol. The van der Waals surface area contributed by atoms with Gasteiger partial charge in [-0.2, -0.15) is 0 Å². The van der Waals surface area contributed by atoms with Gasteiger partial charge in [0.25, 0.3) is 0 Å². The van der Waals surface area contributed by atoms with Crippen LogP contribution in [0.1, 0.15) is 22.3 Å². The van der Waals surface area contributed by atoms with Crippen LogP contribution in [0.2, 0.25) is 0 Å². The summed E-state index contributed by atoms with van der Waals surface area (Å²) < 4.78 is 2.56. The molecule has 0 N–H and O–H groups in total. The van der Waals surface area contributed by atoms with E-state index in [1.165, 1.54) is 86.6 Å². The second kappa shape index (κ2) is 14.3. The Kier molecular flexibility index (Phi) is 8.33. The third kappa shape index (κ3) is 5.60. The fraction of sp³-hybridized carbons (Fsp3) is 0.0169. The first-order chi connectivity index (χ1) is 30.3. The average Bonchev–Trinajstić information content (AvgIpc) is 3.86. The van der Waals surface area contributed by atoms with Gasteiger partial charge in [-0.25, -0.2) is 0 Å². The smallest absolute Gasteiger partial charge is 0.0714 e. The van der Waals surface area contributed by atoms with Crippen LogP contribution in [0.5, 0.6) is 0 Å². The van der Waals surface area contributed by atoms with Crippen LogP contribution in [-0.2, 0) is 5.41 Å². The predicted molar refractivity (Wildman–Crippen MR) is 260 cm³/mol. The number of nitrogens with zero attached hydrogens (tertiary/aromatic N) is 1. The highest BCUT2D eigenvalue weighted by molar-refractivity contribution is 7.26. The van der Waals surface area contributed by atoms with Crippen LogP contribution in [0, 0.1) is 0 Å². The van der Waals surface area contributed by atoms with Crippen molar-refractivity contribution in [1.82, 2.24) is 0 Å². The second-order valence-corrected chi connectivity index (χ2v) is 17.1. The molecule has 0 aliphatic heterocycles. The number of hydrogen-bond acceptors (Lipinski definition) is 2. The van der Waals surface area contributed by atoms with E-state index in [1.54, 1.807) is 0 Å². The van der Waals surface area contributed by atoms with Gasteiger partial charge in [-0.3, -0.25) is 0 Å². The number of rotatable bonds is 7. The molecule has 0 saturated heterocycles. The summed E-state index contributed by atoms with van der Waals surface area (Å²) in [6, 6.07) is 87.6. The normalized spacial score (nSPS) is 12.7. The van der Waals surface area contributed by atoms with Crippen molar-refractivity contribution in [3.63, 3.8) is 0 Å². The quantitative estimate of drug-likeness (QED) is 0.155. The Morgan fingerprint density at radius 2 is 0.951 bits per heavy atom. The Morgan fingerprint density at radius 3 is 1.75 bits per heavy atom. The number of fused-ring (bicyclic) bond motifs is 7. The lowest BCUT2D eigenvalue weighted by Crippen LogP contribution is -2.28. The molecule has 0 spiro atoms. The van der Waals surface area contributed by atoms with E-state index in [9.17, 15) is 0 Å². The van der Waals surface area contributed by atoms with Crippen molar-refractivity contribution >= 4 is 59.3 Å². The summed E-state index contributed by atoms with van der Waals surface area (Å²) in [5, 5.41) is 5.01. The van der Waals surface area contributed by atoms with Gasteiger partial charge < -0.3 is 4.90 Å². The van der Waals surface area contributed by atoms with Crippen molar-refractivity contribution in [1.29, 1.82) is 0 Å². The lowest BCUT2D eigenvalue weighted by molar-refractivity contribution is 0.768. The Hall–Kier alpha value is -7.52. The summed E-state index contributed by atoms with van der Waals surface area (Å²) >= 11 is 1.86. The molecular formula is C59H39NS. The van der Waals surface area contributed by atoms with Crippen LogP contribution in [0.25, 0.3) is 64.3 Å². The van der Waals surface area contributed by atoms with Crippen molar-refractivity contribution < 1.29 is 0 Å². The van der Waals surface area contributed by atoms with Crippen molar-refractivity contribution in [2.24, 2.45) is 0 Å². The number of thiophene rings is 1. The Labute approximate surface area is 360 Å². The van der Waals surface area contributed by atoms with E-state index in [1.807, 2.05) is 11.3 Å². The SMILES string of the molecule is c1ccc(-c2ccc(-c3ccc4ccccc4c3)cc2N(c2ccc3c(c2)C(c2ccccc2)(c2ccccc2)c2ccccc2-3)c2cccc3sc4ccccc4c23)cc1. The maximum Gasteiger partial charge on any atom is 0.0714 e. The lowest BCUT2D eigenvalue weighted by atomic mass is 9.67. The maximum atomic E-state index is 2.55. The zero-order chi connectivity index (χ0) is 40.3. The minimum Gasteiger partial charge on any atom is -0.309 e. The Bertz CT molecular complexity index is 3380. The summed E-state index contributed by atoms with van der Waals surface area (Å²) in [6.07, 6.45) is 0. The molecule has 1 aliphatic rings. The minimum absolute atomic E-state index is 0.535. The minimum atomic E-state index is -0.535. The molecule has 10 aromatic carbocycles. The van der Waals surface area contributed by atoms with E-state index in [4.69, 9.17) is 0 Å². The van der Waals surface area contributed by atoms with Gasteiger partial charge in [-0.1, -0.05) is 194 Å². The first kappa shape index (κ1) is 35.4. The van der Waals surface area contributed by atoms with Gasteiger partial charge in [0.15, 0.2) is 0 Å².